The summed E-state index contributed by atoms with van der Waals surface area (Å²) >= 11 is 0. The molecule has 12 heteroatoms. The van der Waals surface area contributed by atoms with Crippen molar-refractivity contribution in [2.75, 3.05) is 13.4 Å². The van der Waals surface area contributed by atoms with Gasteiger partial charge in [0, 0.05) is 12.3 Å². The standard InChI is InChI=1S/C17H15F3N2O6S/c1-27-15(24)12(8-23)11-6-4-3-5-10(11)9-28-14-7-13(17(18,19)20)21-16(22-14)29(2,25)26/h3-8,23H,9H2,1-2H3/b12-8+. The van der Waals surface area contributed by atoms with E-state index in [0.717, 1.165) is 7.11 Å². The third-order valence-electron chi connectivity index (χ3n) is 3.52. The molecule has 1 heterocycles. The van der Waals surface area contributed by atoms with Crippen molar-refractivity contribution in [3.63, 3.8) is 0 Å². The van der Waals surface area contributed by atoms with Gasteiger partial charge < -0.3 is 14.6 Å². The molecule has 0 unspecified atom stereocenters. The molecule has 0 fully saturated rings. The normalized spacial score (nSPS) is 12.5. The zero-order valence-electron chi connectivity index (χ0n) is 15.1. The maximum Gasteiger partial charge on any atom is 0.433 e. The molecule has 0 bridgehead atoms. The number of esters is 1. The first-order chi connectivity index (χ1) is 13.5. The summed E-state index contributed by atoms with van der Waals surface area (Å²) in [7, 11) is -3.03. The summed E-state index contributed by atoms with van der Waals surface area (Å²) < 4.78 is 72.0. The van der Waals surface area contributed by atoms with Gasteiger partial charge in [-0.1, -0.05) is 24.3 Å². The summed E-state index contributed by atoms with van der Waals surface area (Å²) in [6.07, 6.45) is -3.73. The van der Waals surface area contributed by atoms with Crippen molar-refractivity contribution in [3.05, 3.63) is 53.4 Å². The molecule has 1 aromatic heterocycles. The maximum atomic E-state index is 13.0. The Bertz CT molecular complexity index is 1050. The molecule has 0 saturated heterocycles. The molecule has 2 rings (SSSR count). The summed E-state index contributed by atoms with van der Waals surface area (Å²) in [4.78, 5) is 18.3. The lowest BCUT2D eigenvalue weighted by atomic mass is 10.0. The molecule has 0 atom stereocenters. The number of benzene rings is 1. The smallest absolute Gasteiger partial charge is 0.433 e. The predicted molar refractivity (Wildman–Crippen MR) is 93.5 cm³/mol. The van der Waals surface area contributed by atoms with E-state index in [4.69, 9.17) is 4.74 Å². The number of aliphatic hydroxyl groups is 1. The van der Waals surface area contributed by atoms with Gasteiger partial charge in [-0.15, -0.1) is 0 Å². The van der Waals surface area contributed by atoms with Crippen LogP contribution in [0.2, 0.25) is 0 Å². The van der Waals surface area contributed by atoms with Crippen molar-refractivity contribution in [3.8, 4) is 5.88 Å². The van der Waals surface area contributed by atoms with E-state index >= 15 is 0 Å². The van der Waals surface area contributed by atoms with Crippen molar-refractivity contribution in [1.29, 1.82) is 0 Å². The highest BCUT2D eigenvalue weighted by atomic mass is 32.2. The molecule has 0 aliphatic heterocycles. The van der Waals surface area contributed by atoms with Crippen LogP contribution in [0, 0.1) is 0 Å². The Labute approximate surface area is 163 Å². The molecule has 0 aliphatic rings. The van der Waals surface area contributed by atoms with E-state index in [9.17, 15) is 31.5 Å². The molecule has 2 aromatic rings. The zero-order chi connectivity index (χ0) is 21.8. The van der Waals surface area contributed by atoms with Crippen molar-refractivity contribution in [1.82, 2.24) is 9.97 Å². The molecule has 29 heavy (non-hydrogen) atoms. The number of carbonyl (C=O) groups is 1. The van der Waals surface area contributed by atoms with Crippen molar-refractivity contribution in [2.45, 2.75) is 17.9 Å². The Morgan fingerprint density at radius 1 is 1.24 bits per heavy atom. The second-order valence-corrected chi connectivity index (χ2v) is 7.53. The number of aromatic nitrogens is 2. The highest BCUT2D eigenvalue weighted by Crippen LogP contribution is 2.30. The number of carbonyl (C=O) groups excluding carboxylic acids is 1. The highest BCUT2D eigenvalue weighted by molar-refractivity contribution is 7.90. The van der Waals surface area contributed by atoms with E-state index in [-0.39, 0.29) is 17.7 Å². The van der Waals surface area contributed by atoms with Crippen LogP contribution in [-0.4, -0.2) is 42.8 Å². The monoisotopic (exact) mass is 432 g/mol. The third-order valence-corrected chi connectivity index (χ3v) is 4.37. The van der Waals surface area contributed by atoms with Crippen LogP contribution >= 0.6 is 0 Å². The highest BCUT2D eigenvalue weighted by Gasteiger charge is 2.35. The van der Waals surface area contributed by atoms with Crippen molar-refractivity contribution < 1.29 is 41.0 Å². The summed E-state index contributed by atoms with van der Waals surface area (Å²) in [6.45, 7) is -0.387. The lowest BCUT2D eigenvalue weighted by Crippen LogP contribution is -2.15. The van der Waals surface area contributed by atoms with E-state index in [0.29, 0.717) is 24.1 Å². The first kappa shape index (κ1) is 22.1. The Kier molecular flexibility index (Phi) is 6.47. The van der Waals surface area contributed by atoms with Crippen LogP contribution in [0.3, 0.4) is 0 Å². The average Bonchev–Trinajstić information content (AvgIpc) is 2.66. The summed E-state index contributed by atoms with van der Waals surface area (Å²) in [5.74, 6) is -1.48. The van der Waals surface area contributed by atoms with E-state index in [2.05, 4.69) is 14.7 Å². The summed E-state index contributed by atoms with van der Waals surface area (Å²) in [6, 6.07) is 6.53. The molecule has 0 saturated carbocycles. The number of halogens is 3. The average molecular weight is 432 g/mol. The lowest BCUT2D eigenvalue weighted by molar-refractivity contribution is -0.141. The number of aliphatic hydroxyl groups excluding tert-OH is 1. The number of sulfone groups is 1. The molecule has 0 aliphatic carbocycles. The molecular weight excluding hydrogens is 417 g/mol. The second-order valence-electron chi connectivity index (χ2n) is 5.62. The third kappa shape index (κ3) is 5.44. The number of methoxy groups -OCH3 is 1. The Morgan fingerprint density at radius 2 is 1.90 bits per heavy atom. The maximum absolute atomic E-state index is 13.0. The fraction of sp³-hybridized carbons (Fsp3) is 0.235. The van der Waals surface area contributed by atoms with Gasteiger partial charge in [0.25, 0.3) is 5.16 Å². The topological polar surface area (TPSA) is 116 Å². The SMILES string of the molecule is COC(=O)/C(=C/O)c1ccccc1COc1cc(C(F)(F)F)nc(S(C)(=O)=O)n1. The fourth-order valence-electron chi connectivity index (χ4n) is 2.19. The Balaban J connectivity index is 2.42. The Hall–Kier alpha value is -3.15. The quantitative estimate of drug-likeness (QED) is 0.321. The number of hydrogen-bond acceptors (Lipinski definition) is 8. The van der Waals surface area contributed by atoms with E-state index < -0.39 is 38.7 Å². The van der Waals surface area contributed by atoms with Gasteiger partial charge in [-0.05, 0) is 11.1 Å². The minimum Gasteiger partial charge on any atom is -0.515 e. The van der Waals surface area contributed by atoms with Gasteiger partial charge >= 0.3 is 12.1 Å². The van der Waals surface area contributed by atoms with Crippen molar-refractivity contribution >= 4 is 21.4 Å². The van der Waals surface area contributed by atoms with Crippen LogP contribution in [0.15, 0.2) is 41.8 Å². The molecule has 0 amide bonds. The van der Waals surface area contributed by atoms with Crippen LogP contribution in [-0.2, 0) is 32.2 Å². The van der Waals surface area contributed by atoms with Gasteiger partial charge in [0.2, 0.25) is 15.7 Å². The van der Waals surface area contributed by atoms with Crippen LogP contribution in [0.5, 0.6) is 5.88 Å². The molecule has 0 radical (unpaired) electrons. The molecular formula is C17H15F3N2O6S. The number of rotatable bonds is 6. The lowest BCUT2D eigenvalue weighted by Gasteiger charge is -2.13. The molecule has 156 valence electrons. The first-order valence-electron chi connectivity index (χ1n) is 7.77. The minimum atomic E-state index is -4.92. The van der Waals surface area contributed by atoms with Crippen LogP contribution in [0.4, 0.5) is 13.2 Å². The summed E-state index contributed by atoms with van der Waals surface area (Å²) in [5.41, 5.74) is -1.19. The predicted octanol–water partition coefficient (Wildman–Crippen LogP) is 2.55. The van der Waals surface area contributed by atoms with E-state index in [1.54, 1.807) is 12.1 Å². The summed E-state index contributed by atoms with van der Waals surface area (Å²) in [5, 5.41) is 8.29. The van der Waals surface area contributed by atoms with E-state index in [1.165, 1.54) is 12.1 Å². The van der Waals surface area contributed by atoms with Crippen LogP contribution in [0.25, 0.3) is 5.57 Å². The Morgan fingerprint density at radius 3 is 2.45 bits per heavy atom. The zero-order valence-corrected chi connectivity index (χ0v) is 15.9. The molecule has 1 aromatic carbocycles. The fourth-order valence-corrected chi connectivity index (χ4v) is 2.71. The van der Waals surface area contributed by atoms with Crippen molar-refractivity contribution in [2.24, 2.45) is 0 Å². The molecule has 1 N–H and O–H groups in total. The molecule has 8 nitrogen and oxygen atoms in total. The van der Waals surface area contributed by atoms with Crippen LogP contribution in [0.1, 0.15) is 16.8 Å². The van der Waals surface area contributed by atoms with Gasteiger partial charge in [0.15, 0.2) is 5.69 Å². The van der Waals surface area contributed by atoms with Gasteiger partial charge in [-0.25, -0.2) is 18.2 Å². The van der Waals surface area contributed by atoms with E-state index in [1.807, 2.05) is 0 Å². The number of hydrogen-bond donors (Lipinski definition) is 1. The van der Waals surface area contributed by atoms with Gasteiger partial charge in [0.05, 0.1) is 13.4 Å². The number of ether oxygens (including phenoxy) is 2. The van der Waals surface area contributed by atoms with Gasteiger partial charge in [-0.2, -0.15) is 18.2 Å². The van der Waals surface area contributed by atoms with Gasteiger partial charge in [-0.3, -0.25) is 0 Å². The number of alkyl halides is 3. The second kappa shape index (κ2) is 8.47. The van der Waals surface area contributed by atoms with Gasteiger partial charge in [0.1, 0.15) is 12.2 Å². The van der Waals surface area contributed by atoms with Crippen LogP contribution < -0.4 is 4.74 Å². The largest absolute Gasteiger partial charge is 0.515 e. The number of nitrogens with zero attached hydrogens (tertiary/aromatic N) is 2. The molecule has 0 spiro atoms. The first-order valence-corrected chi connectivity index (χ1v) is 9.66. The minimum absolute atomic E-state index is 0.204.